The monoisotopic (exact) mass is 358 g/mol. The van der Waals surface area contributed by atoms with Crippen molar-refractivity contribution < 1.29 is 9.72 Å². The summed E-state index contributed by atoms with van der Waals surface area (Å²) in [4.78, 5) is 30.4. The van der Waals surface area contributed by atoms with E-state index in [1.54, 1.807) is 18.3 Å². The van der Waals surface area contributed by atoms with Crippen molar-refractivity contribution in [3.63, 3.8) is 0 Å². The highest BCUT2D eigenvalue weighted by Gasteiger charge is 2.35. The van der Waals surface area contributed by atoms with Crippen molar-refractivity contribution in [1.29, 1.82) is 0 Å². The number of nitro benzene ring substituents is 1. The number of nitrogens with one attached hydrogen (secondary N) is 1. The second-order valence-electron chi connectivity index (χ2n) is 6.56. The SMILES string of the molecule is O=C(NC1CN2CCC1CC2)c1ncc(-c2cccc([N+](=O)[O-])c2)s1. The van der Waals surface area contributed by atoms with Crippen molar-refractivity contribution in [2.45, 2.75) is 18.9 Å². The summed E-state index contributed by atoms with van der Waals surface area (Å²) in [6, 6.07) is 6.57. The average molecular weight is 358 g/mol. The van der Waals surface area contributed by atoms with Gasteiger partial charge in [-0.15, -0.1) is 11.3 Å². The van der Waals surface area contributed by atoms with Crippen molar-refractivity contribution in [2.24, 2.45) is 5.92 Å². The van der Waals surface area contributed by atoms with Gasteiger partial charge in [-0.25, -0.2) is 4.98 Å². The summed E-state index contributed by atoms with van der Waals surface area (Å²) in [6.07, 6.45) is 3.89. The number of benzene rings is 1. The zero-order valence-corrected chi connectivity index (χ0v) is 14.4. The van der Waals surface area contributed by atoms with Crippen LogP contribution in [0.3, 0.4) is 0 Å². The van der Waals surface area contributed by atoms with Crippen molar-refractivity contribution in [3.8, 4) is 10.4 Å². The van der Waals surface area contributed by atoms with Crippen LogP contribution in [0.2, 0.25) is 0 Å². The Labute approximate surface area is 148 Å². The summed E-state index contributed by atoms with van der Waals surface area (Å²) < 4.78 is 0. The lowest BCUT2D eigenvalue weighted by Gasteiger charge is -2.44. The standard InChI is InChI=1S/C17H18N4O3S/c22-16(19-14-10-20-6-4-11(14)5-7-20)17-18-9-15(25-17)12-2-1-3-13(8-12)21(23)24/h1-3,8-9,11,14H,4-7,10H2,(H,19,22). The van der Waals surface area contributed by atoms with Crippen LogP contribution >= 0.6 is 11.3 Å². The molecule has 5 rings (SSSR count). The molecule has 3 aliphatic heterocycles. The molecule has 8 heteroatoms. The molecule has 2 aromatic rings. The molecule has 4 heterocycles. The van der Waals surface area contributed by atoms with E-state index in [4.69, 9.17) is 0 Å². The minimum absolute atomic E-state index is 0.0316. The minimum atomic E-state index is -0.425. The Balaban J connectivity index is 1.48. The maximum Gasteiger partial charge on any atom is 0.280 e. The predicted molar refractivity (Wildman–Crippen MR) is 94.6 cm³/mol. The van der Waals surface area contributed by atoms with Crippen LogP contribution in [0.15, 0.2) is 30.5 Å². The van der Waals surface area contributed by atoms with Gasteiger partial charge in [0, 0.05) is 36.5 Å². The van der Waals surface area contributed by atoms with E-state index in [9.17, 15) is 14.9 Å². The number of thiazole rings is 1. The van der Waals surface area contributed by atoms with Crippen molar-refractivity contribution in [3.05, 3.63) is 45.6 Å². The number of amides is 1. The van der Waals surface area contributed by atoms with E-state index in [0.717, 1.165) is 37.4 Å². The molecule has 1 amide bonds. The van der Waals surface area contributed by atoms with Crippen LogP contribution in [0.1, 0.15) is 22.6 Å². The first-order chi connectivity index (χ1) is 12.1. The fraction of sp³-hybridized carbons (Fsp3) is 0.412. The molecule has 1 aromatic heterocycles. The molecule has 1 atom stereocenters. The molecular formula is C17H18N4O3S. The molecule has 0 aliphatic carbocycles. The zero-order chi connectivity index (χ0) is 17.4. The summed E-state index contributed by atoms with van der Waals surface area (Å²) in [7, 11) is 0. The number of hydrogen-bond acceptors (Lipinski definition) is 6. The van der Waals surface area contributed by atoms with Crippen LogP contribution in [0.4, 0.5) is 5.69 Å². The molecule has 7 nitrogen and oxygen atoms in total. The summed E-state index contributed by atoms with van der Waals surface area (Å²) in [5.41, 5.74) is 0.734. The van der Waals surface area contributed by atoms with Gasteiger partial charge in [0.05, 0.1) is 9.80 Å². The zero-order valence-electron chi connectivity index (χ0n) is 13.6. The van der Waals surface area contributed by atoms with Crippen LogP contribution < -0.4 is 5.32 Å². The highest BCUT2D eigenvalue weighted by Crippen LogP contribution is 2.30. The van der Waals surface area contributed by atoms with Gasteiger partial charge in [-0.2, -0.15) is 0 Å². The second-order valence-corrected chi connectivity index (χ2v) is 7.59. The summed E-state index contributed by atoms with van der Waals surface area (Å²) in [5, 5.41) is 14.4. The Kier molecular flexibility index (Phi) is 4.22. The Morgan fingerprint density at radius 2 is 2.16 bits per heavy atom. The third kappa shape index (κ3) is 3.27. The number of fused-ring (bicyclic) bond motifs is 3. The maximum absolute atomic E-state index is 12.5. The number of carbonyl (C=O) groups is 1. The molecule has 3 saturated heterocycles. The van der Waals surface area contributed by atoms with Gasteiger partial charge < -0.3 is 10.2 Å². The topological polar surface area (TPSA) is 88.4 Å². The summed E-state index contributed by atoms with van der Waals surface area (Å²) >= 11 is 1.26. The van der Waals surface area contributed by atoms with Gasteiger partial charge in [-0.05, 0) is 31.8 Å². The van der Waals surface area contributed by atoms with Gasteiger partial charge in [0.1, 0.15) is 0 Å². The minimum Gasteiger partial charge on any atom is -0.346 e. The van der Waals surface area contributed by atoms with Crippen molar-refractivity contribution in [2.75, 3.05) is 19.6 Å². The molecule has 1 unspecified atom stereocenters. The van der Waals surface area contributed by atoms with Gasteiger partial charge in [0.2, 0.25) is 0 Å². The number of carbonyl (C=O) groups excluding carboxylic acids is 1. The van der Waals surface area contributed by atoms with Crippen LogP contribution in [0.5, 0.6) is 0 Å². The molecule has 0 spiro atoms. The van der Waals surface area contributed by atoms with Crippen LogP contribution in [0.25, 0.3) is 10.4 Å². The first-order valence-electron chi connectivity index (χ1n) is 8.34. The number of hydrogen-bond donors (Lipinski definition) is 1. The van der Waals surface area contributed by atoms with Gasteiger partial charge in [0.25, 0.3) is 11.6 Å². The number of non-ortho nitro benzene ring substituents is 1. The third-order valence-electron chi connectivity index (χ3n) is 5.01. The molecule has 0 saturated carbocycles. The number of aromatic nitrogens is 1. The second kappa shape index (κ2) is 6.53. The lowest BCUT2D eigenvalue weighted by molar-refractivity contribution is -0.384. The van der Waals surface area contributed by atoms with E-state index in [2.05, 4.69) is 15.2 Å². The van der Waals surface area contributed by atoms with Gasteiger partial charge in [-0.1, -0.05) is 12.1 Å². The Bertz CT molecular complexity index is 814. The number of piperidine rings is 3. The van der Waals surface area contributed by atoms with Crippen LogP contribution in [-0.4, -0.2) is 46.4 Å². The van der Waals surface area contributed by atoms with E-state index in [-0.39, 0.29) is 17.6 Å². The highest BCUT2D eigenvalue weighted by atomic mass is 32.1. The van der Waals surface area contributed by atoms with Crippen molar-refractivity contribution >= 4 is 22.9 Å². The molecule has 1 N–H and O–H groups in total. The quantitative estimate of drug-likeness (QED) is 0.670. The van der Waals surface area contributed by atoms with E-state index in [1.165, 1.54) is 23.5 Å². The van der Waals surface area contributed by atoms with E-state index in [1.807, 2.05) is 0 Å². The normalized spacial score (nSPS) is 24.9. The fourth-order valence-corrected chi connectivity index (χ4v) is 4.46. The number of nitrogens with zero attached hydrogens (tertiary/aromatic N) is 3. The first-order valence-corrected chi connectivity index (χ1v) is 9.15. The van der Waals surface area contributed by atoms with E-state index < -0.39 is 4.92 Å². The average Bonchev–Trinajstić information content (AvgIpc) is 3.13. The van der Waals surface area contributed by atoms with E-state index in [0.29, 0.717) is 16.5 Å². The molecule has 3 fully saturated rings. The molecule has 2 bridgehead atoms. The lowest BCUT2D eigenvalue weighted by atomic mass is 9.84. The summed E-state index contributed by atoms with van der Waals surface area (Å²) in [6.45, 7) is 3.18. The molecule has 3 aliphatic rings. The predicted octanol–water partition coefficient (Wildman–Crippen LogP) is 2.54. The van der Waals surface area contributed by atoms with Crippen LogP contribution in [-0.2, 0) is 0 Å². The van der Waals surface area contributed by atoms with Gasteiger partial charge in [0.15, 0.2) is 5.01 Å². The maximum atomic E-state index is 12.5. The van der Waals surface area contributed by atoms with Crippen molar-refractivity contribution in [1.82, 2.24) is 15.2 Å². The smallest absolute Gasteiger partial charge is 0.280 e. The first kappa shape index (κ1) is 16.2. The molecular weight excluding hydrogens is 340 g/mol. The summed E-state index contributed by atoms with van der Waals surface area (Å²) in [5.74, 6) is 0.408. The van der Waals surface area contributed by atoms with E-state index >= 15 is 0 Å². The Hall–Kier alpha value is -2.32. The molecule has 1 aromatic carbocycles. The highest BCUT2D eigenvalue weighted by molar-refractivity contribution is 7.17. The third-order valence-corrected chi connectivity index (χ3v) is 6.06. The molecule has 0 radical (unpaired) electrons. The van der Waals surface area contributed by atoms with Gasteiger partial charge in [-0.3, -0.25) is 14.9 Å². The Morgan fingerprint density at radius 1 is 1.36 bits per heavy atom. The van der Waals surface area contributed by atoms with Crippen LogP contribution in [0, 0.1) is 16.0 Å². The number of nitro groups is 1. The fourth-order valence-electron chi connectivity index (χ4n) is 3.64. The number of rotatable bonds is 4. The lowest BCUT2D eigenvalue weighted by Crippen LogP contribution is -2.57. The molecule has 25 heavy (non-hydrogen) atoms. The molecule has 130 valence electrons. The largest absolute Gasteiger partial charge is 0.346 e. The van der Waals surface area contributed by atoms with Gasteiger partial charge >= 0.3 is 0 Å². The Morgan fingerprint density at radius 3 is 2.84 bits per heavy atom.